The number of nitrogens with two attached hydrogens (primary N) is 1. The van der Waals surface area contributed by atoms with Gasteiger partial charge >= 0.3 is 6.01 Å². The largest absolute Gasteiger partial charge is 0.424 e. The Labute approximate surface area is 118 Å². The van der Waals surface area contributed by atoms with Gasteiger partial charge in [-0.2, -0.15) is 4.98 Å². The fourth-order valence-corrected chi connectivity index (χ4v) is 1.59. The molecule has 0 bridgehead atoms. The molecule has 0 aliphatic carbocycles. The lowest BCUT2D eigenvalue weighted by atomic mass is 10.3. The van der Waals surface area contributed by atoms with Crippen LogP contribution in [0.5, 0.6) is 11.8 Å². The van der Waals surface area contributed by atoms with Crippen LogP contribution in [-0.2, 0) is 0 Å². The van der Waals surface area contributed by atoms with Gasteiger partial charge in [0.15, 0.2) is 5.84 Å². The van der Waals surface area contributed by atoms with E-state index in [0.717, 1.165) is 6.07 Å². The van der Waals surface area contributed by atoms with E-state index in [1.165, 1.54) is 18.2 Å². The van der Waals surface area contributed by atoms with Crippen molar-refractivity contribution >= 4 is 17.4 Å². The smallest absolute Gasteiger partial charge is 0.322 e. The lowest BCUT2D eigenvalue weighted by molar-refractivity contribution is 0.318. The van der Waals surface area contributed by atoms with Gasteiger partial charge in [0.2, 0.25) is 0 Å². The van der Waals surface area contributed by atoms with Gasteiger partial charge in [-0.1, -0.05) is 16.8 Å². The van der Waals surface area contributed by atoms with Crippen LogP contribution in [0.4, 0.5) is 4.39 Å². The number of amidine groups is 1. The fourth-order valence-electron chi connectivity index (χ4n) is 1.42. The van der Waals surface area contributed by atoms with Crippen molar-refractivity contribution in [2.24, 2.45) is 10.9 Å². The maximum Gasteiger partial charge on any atom is 0.322 e. The third-order valence-corrected chi connectivity index (χ3v) is 2.59. The molecule has 2 rings (SSSR count). The molecule has 0 radical (unpaired) electrons. The van der Waals surface area contributed by atoms with Crippen molar-refractivity contribution in [2.75, 3.05) is 0 Å². The summed E-state index contributed by atoms with van der Waals surface area (Å²) in [6.07, 6.45) is 0. The second-order valence-corrected chi connectivity index (χ2v) is 4.25. The first-order valence-corrected chi connectivity index (χ1v) is 5.84. The normalized spacial score (nSPS) is 11.4. The Morgan fingerprint density at radius 3 is 2.80 bits per heavy atom. The summed E-state index contributed by atoms with van der Waals surface area (Å²) in [6, 6.07) is 5.36. The Bertz CT molecular complexity index is 679. The number of ether oxygens (including phenoxy) is 1. The number of hydrogen-bond donors (Lipinski definition) is 2. The molecule has 104 valence electrons. The molecule has 2 aromatic rings. The molecule has 1 aromatic carbocycles. The van der Waals surface area contributed by atoms with E-state index >= 15 is 0 Å². The highest BCUT2D eigenvalue weighted by Gasteiger charge is 2.09. The molecule has 0 fully saturated rings. The molecule has 6 nitrogen and oxygen atoms in total. The summed E-state index contributed by atoms with van der Waals surface area (Å²) < 4.78 is 18.4. The summed E-state index contributed by atoms with van der Waals surface area (Å²) in [5.41, 5.74) is 6.22. The van der Waals surface area contributed by atoms with Crippen LogP contribution in [0, 0.1) is 12.7 Å². The second-order valence-electron chi connectivity index (χ2n) is 3.84. The van der Waals surface area contributed by atoms with Crippen LogP contribution in [0.1, 0.15) is 11.4 Å². The van der Waals surface area contributed by atoms with Crippen LogP contribution in [0.15, 0.2) is 29.4 Å². The molecule has 0 atom stereocenters. The first kappa shape index (κ1) is 14.0. The average Bonchev–Trinajstić information content (AvgIpc) is 2.41. The van der Waals surface area contributed by atoms with Gasteiger partial charge in [-0.25, -0.2) is 9.37 Å². The highest BCUT2D eigenvalue weighted by Crippen LogP contribution is 2.24. The standard InChI is InChI=1S/C12H10ClFN4O2/c1-6-4-10(11(15)18-19)17-12(16-6)20-7-2-3-9(14)8(13)5-7/h2-5,19H,1H3,(H2,15,18). The quantitative estimate of drug-likeness (QED) is 0.393. The van der Waals surface area contributed by atoms with Crippen LogP contribution in [0.3, 0.4) is 0 Å². The number of hydrogen-bond acceptors (Lipinski definition) is 5. The van der Waals surface area contributed by atoms with E-state index in [-0.39, 0.29) is 28.3 Å². The Balaban J connectivity index is 2.33. The molecule has 20 heavy (non-hydrogen) atoms. The van der Waals surface area contributed by atoms with Gasteiger partial charge in [0.05, 0.1) is 5.02 Å². The molecule has 0 aliphatic heterocycles. The van der Waals surface area contributed by atoms with Crippen molar-refractivity contribution in [1.29, 1.82) is 0 Å². The molecule has 8 heteroatoms. The number of nitrogens with zero attached hydrogens (tertiary/aromatic N) is 3. The van der Waals surface area contributed by atoms with Gasteiger partial charge < -0.3 is 15.7 Å². The van der Waals surface area contributed by atoms with Crippen molar-refractivity contribution in [2.45, 2.75) is 6.92 Å². The molecule has 0 unspecified atom stereocenters. The van der Waals surface area contributed by atoms with E-state index in [9.17, 15) is 4.39 Å². The van der Waals surface area contributed by atoms with E-state index in [1.807, 2.05) is 0 Å². The van der Waals surface area contributed by atoms with Crippen LogP contribution >= 0.6 is 11.6 Å². The van der Waals surface area contributed by atoms with Crippen molar-refractivity contribution in [3.8, 4) is 11.8 Å². The molecule has 1 aromatic heterocycles. The number of aryl methyl sites for hydroxylation is 1. The summed E-state index contributed by atoms with van der Waals surface area (Å²) in [6.45, 7) is 1.69. The number of aromatic nitrogens is 2. The van der Waals surface area contributed by atoms with E-state index in [0.29, 0.717) is 5.69 Å². The molecule has 0 saturated heterocycles. The molecular formula is C12H10ClFN4O2. The number of halogens is 2. The van der Waals surface area contributed by atoms with Crippen LogP contribution in [0.25, 0.3) is 0 Å². The van der Waals surface area contributed by atoms with E-state index < -0.39 is 5.82 Å². The summed E-state index contributed by atoms with van der Waals surface area (Å²) in [5.74, 6) is -0.452. The van der Waals surface area contributed by atoms with Crippen molar-refractivity contribution in [1.82, 2.24) is 9.97 Å². The number of oxime groups is 1. The minimum atomic E-state index is -0.554. The zero-order chi connectivity index (χ0) is 14.7. The van der Waals surface area contributed by atoms with Gasteiger partial charge in [-0.3, -0.25) is 0 Å². The van der Waals surface area contributed by atoms with E-state index in [2.05, 4.69) is 15.1 Å². The SMILES string of the molecule is Cc1cc(/C(N)=N/O)nc(Oc2ccc(F)c(Cl)c2)n1. The van der Waals surface area contributed by atoms with Crippen molar-refractivity contribution in [3.63, 3.8) is 0 Å². The molecule has 0 aliphatic rings. The molecular weight excluding hydrogens is 287 g/mol. The summed E-state index contributed by atoms with van der Waals surface area (Å²) in [4.78, 5) is 8.00. The highest BCUT2D eigenvalue weighted by atomic mass is 35.5. The molecule has 0 saturated carbocycles. The topological polar surface area (TPSA) is 93.6 Å². The Hall–Kier alpha value is -2.41. The summed E-state index contributed by atoms with van der Waals surface area (Å²) in [7, 11) is 0. The van der Waals surface area contributed by atoms with Gasteiger partial charge in [0.25, 0.3) is 0 Å². The monoisotopic (exact) mass is 296 g/mol. The molecule has 0 spiro atoms. The number of rotatable bonds is 3. The minimum absolute atomic E-state index is 0.0192. The second kappa shape index (κ2) is 5.70. The zero-order valence-corrected chi connectivity index (χ0v) is 11.1. The molecule has 3 N–H and O–H groups in total. The van der Waals surface area contributed by atoms with Crippen LogP contribution in [0.2, 0.25) is 5.02 Å². The Morgan fingerprint density at radius 1 is 1.40 bits per heavy atom. The maximum atomic E-state index is 13.0. The fraction of sp³-hybridized carbons (Fsp3) is 0.0833. The average molecular weight is 297 g/mol. The van der Waals surface area contributed by atoms with Crippen LogP contribution in [-0.4, -0.2) is 21.0 Å². The lowest BCUT2D eigenvalue weighted by Crippen LogP contribution is -2.16. The molecule has 1 heterocycles. The van der Waals surface area contributed by atoms with E-state index in [1.54, 1.807) is 6.92 Å². The van der Waals surface area contributed by atoms with Crippen molar-refractivity contribution in [3.05, 3.63) is 46.5 Å². The Kier molecular flexibility index (Phi) is 3.99. The zero-order valence-electron chi connectivity index (χ0n) is 10.3. The van der Waals surface area contributed by atoms with Crippen molar-refractivity contribution < 1.29 is 14.3 Å². The maximum absolute atomic E-state index is 13.0. The minimum Gasteiger partial charge on any atom is -0.424 e. The Morgan fingerprint density at radius 2 is 2.15 bits per heavy atom. The first-order valence-electron chi connectivity index (χ1n) is 5.46. The lowest BCUT2D eigenvalue weighted by Gasteiger charge is -2.07. The first-order chi connectivity index (χ1) is 9.49. The van der Waals surface area contributed by atoms with Gasteiger partial charge in [0.1, 0.15) is 17.3 Å². The predicted octanol–water partition coefficient (Wildman–Crippen LogP) is 2.46. The highest BCUT2D eigenvalue weighted by molar-refractivity contribution is 6.30. The summed E-state index contributed by atoms with van der Waals surface area (Å²) >= 11 is 5.65. The van der Waals surface area contributed by atoms with Gasteiger partial charge in [-0.05, 0) is 25.1 Å². The van der Waals surface area contributed by atoms with Gasteiger partial charge in [0, 0.05) is 11.8 Å². The predicted molar refractivity (Wildman–Crippen MR) is 70.8 cm³/mol. The molecule has 0 amide bonds. The van der Waals surface area contributed by atoms with Crippen LogP contribution < -0.4 is 10.5 Å². The van der Waals surface area contributed by atoms with Gasteiger partial charge in [-0.15, -0.1) is 0 Å². The third kappa shape index (κ3) is 3.12. The number of benzene rings is 1. The summed E-state index contributed by atoms with van der Waals surface area (Å²) in [5, 5.41) is 11.4. The third-order valence-electron chi connectivity index (χ3n) is 2.30. The van der Waals surface area contributed by atoms with E-state index in [4.69, 9.17) is 27.3 Å².